The van der Waals surface area contributed by atoms with Crippen LogP contribution in [0.25, 0.3) is 0 Å². The van der Waals surface area contributed by atoms with E-state index in [1.165, 1.54) is 29.3 Å². The Labute approximate surface area is 118 Å². The average Bonchev–Trinajstić information content (AvgIpc) is 2.89. The zero-order chi connectivity index (χ0) is 14.9. The monoisotopic (exact) mass is 300 g/mol. The first kappa shape index (κ1) is 14.6. The van der Waals surface area contributed by atoms with E-state index in [4.69, 9.17) is 0 Å². The van der Waals surface area contributed by atoms with Crippen LogP contribution in [0, 0.1) is 13.8 Å². The number of nitrogens with one attached hydrogen (secondary N) is 1. The van der Waals surface area contributed by atoms with Gasteiger partial charge in [0.05, 0.1) is 22.8 Å². The molecule has 1 N–H and O–H groups in total. The number of carbonyl (C=O) groups is 1. The van der Waals surface area contributed by atoms with Crippen LogP contribution in [0.15, 0.2) is 6.20 Å². The van der Waals surface area contributed by atoms with Crippen LogP contribution in [0.1, 0.15) is 38.1 Å². The molecule has 0 aromatic carbocycles. The van der Waals surface area contributed by atoms with Crippen molar-refractivity contribution in [1.82, 2.24) is 20.1 Å². The van der Waals surface area contributed by atoms with Crippen LogP contribution in [0.5, 0.6) is 0 Å². The number of halogens is 2. The molecule has 0 spiro atoms. The minimum Gasteiger partial charge on any atom is -0.347 e. The van der Waals surface area contributed by atoms with Gasteiger partial charge < -0.3 is 5.32 Å². The fraction of sp³-hybridized carbons (Fsp3) is 0.417. The second-order valence-corrected chi connectivity index (χ2v) is 5.61. The number of nitrogens with zero attached hydrogens (tertiary/aromatic N) is 3. The van der Waals surface area contributed by atoms with E-state index in [1.807, 2.05) is 13.8 Å². The highest BCUT2D eigenvalue weighted by molar-refractivity contribution is 7.11. The molecule has 0 radical (unpaired) electrons. The molecule has 0 unspecified atom stereocenters. The lowest BCUT2D eigenvalue weighted by atomic mass is 10.2. The van der Waals surface area contributed by atoms with Gasteiger partial charge in [0, 0.05) is 18.1 Å². The van der Waals surface area contributed by atoms with Gasteiger partial charge in [0.2, 0.25) is 0 Å². The van der Waals surface area contributed by atoms with E-state index in [1.54, 1.807) is 0 Å². The average molecular weight is 300 g/mol. The van der Waals surface area contributed by atoms with Crippen molar-refractivity contribution in [2.24, 2.45) is 7.05 Å². The van der Waals surface area contributed by atoms with Gasteiger partial charge in [0.1, 0.15) is 5.69 Å². The maximum absolute atomic E-state index is 12.8. The molecule has 0 aliphatic carbocycles. The Kier molecular flexibility index (Phi) is 4.12. The standard InChI is InChI=1S/C12H14F2N4OS/c1-6-9(20-7(2)16-6)4-15-12(19)8-5-18(3)17-10(8)11(13)14/h5,11H,4H2,1-3H3,(H,15,19). The zero-order valence-electron chi connectivity index (χ0n) is 11.3. The summed E-state index contributed by atoms with van der Waals surface area (Å²) in [6.07, 6.45) is -1.48. The minimum absolute atomic E-state index is 0.0959. The van der Waals surface area contributed by atoms with Gasteiger partial charge in [-0.05, 0) is 13.8 Å². The van der Waals surface area contributed by atoms with Gasteiger partial charge in [-0.25, -0.2) is 13.8 Å². The predicted octanol–water partition coefficient (Wildman–Crippen LogP) is 2.36. The van der Waals surface area contributed by atoms with E-state index in [0.29, 0.717) is 0 Å². The van der Waals surface area contributed by atoms with E-state index in [0.717, 1.165) is 15.6 Å². The van der Waals surface area contributed by atoms with Crippen LogP contribution >= 0.6 is 11.3 Å². The van der Waals surface area contributed by atoms with Crippen molar-refractivity contribution in [3.63, 3.8) is 0 Å². The second-order valence-electron chi connectivity index (χ2n) is 4.33. The Morgan fingerprint density at radius 1 is 1.50 bits per heavy atom. The molecule has 2 aromatic heterocycles. The van der Waals surface area contributed by atoms with Gasteiger partial charge in [0.15, 0.2) is 0 Å². The summed E-state index contributed by atoms with van der Waals surface area (Å²) in [6.45, 7) is 3.99. The van der Waals surface area contributed by atoms with Crippen molar-refractivity contribution in [2.45, 2.75) is 26.8 Å². The zero-order valence-corrected chi connectivity index (χ0v) is 12.1. The number of alkyl halides is 2. The van der Waals surface area contributed by atoms with Crippen molar-refractivity contribution < 1.29 is 13.6 Å². The SMILES string of the molecule is Cc1nc(C)c(CNC(=O)c2cn(C)nc2C(F)F)s1. The number of hydrogen-bond acceptors (Lipinski definition) is 4. The summed E-state index contributed by atoms with van der Waals surface area (Å²) in [6, 6.07) is 0. The fourth-order valence-electron chi connectivity index (χ4n) is 1.84. The molecule has 20 heavy (non-hydrogen) atoms. The molecular weight excluding hydrogens is 286 g/mol. The lowest BCUT2D eigenvalue weighted by molar-refractivity contribution is 0.0936. The molecule has 2 rings (SSSR count). The van der Waals surface area contributed by atoms with Crippen LogP contribution < -0.4 is 5.32 Å². The van der Waals surface area contributed by atoms with E-state index in [2.05, 4.69) is 15.4 Å². The van der Waals surface area contributed by atoms with Crippen molar-refractivity contribution in [2.75, 3.05) is 0 Å². The van der Waals surface area contributed by atoms with Crippen LogP contribution in [0.3, 0.4) is 0 Å². The Bertz CT molecular complexity index is 635. The highest BCUT2D eigenvalue weighted by atomic mass is 32.1. The summed E-state index contributed by atoms with van der Waals surface area (Å²) < 4.78 is 26.7. The summed E-state index contributed by atoms with van der Waals surface area (Å²) in [7, 11) is 1.50. The Morgan fingerprint density at radius 3 is 2.75 bits per heavy atom. The van der Waals surface area contributed by atoms with Crippen molar-refractivity contribution in [3.8, 4) is 0 Å². The predicted molar refractivity (Wildman–Crippen MR) is 70.9 cm³/mol. The number of thiazole rings is 1. The maximum atomic E-state index is 12.8. The molecule has 1 amide bonds. The highest BCUT2D eigenvalue weighted by Gasteiger charge is 2.22. The molecular formula is C12H14F2N4OS. The Balaban J connectivity index is 2.11. The van der Waals surface area contributed by atoms with Crippen molar-refractivity contribution in [1.29, 1.82) is 0 Å². The van der Waals surface area contributed by atoms with E-state index in [-0.39, 0.29) is 12.1 Å². The van der Waals surface area contributed by atoms with Gasteiger partial charge in [-0.3, -0.25) is 9.48 Å². The van der Waals surface area contributed by atoms with Crippen LogP contribution in [-0.4, -0.2) is 20.7 Å². The van der Waals surface area contributed by atoms with E-state index < -0.39 is 18.0 Å². The molecule has 0 aliphatic heterocycles. The van der Waals surface area contributed by atoms with Crippen LogP contribution in [-0.2, 0) is 13.6 Å². The van der Waals surface area contributed by atoms with Crippen LogP contribution in [0.2, 0.25) is 0 Å². The van der Waals surface area contributed by atoms with Crippen molar-refractivity contribution >= 4 is 17.2 Å². The number of carbonyl (C=O) groups excluding carboxylic acids is 1. The maximum Gasteiger partial charge on any atom is 0.282 e. The summed E-state index contributed by atoms with van der Waals surface area (Å²) in [5, 5.41) is 7.13. The number of hydrogen-bond donors (Lipinski definition) is 1. The molecule has 0 fully saturated rings. The Hall–Kier alpha value is -1.83. The first-order valence-electron chi connectivity index (χ1n) is 5.91. The Morgan fingerprint density at radius 2 is 2.20 bits per heavy atom. The molecule has 0 saturated carbocycles. The minimum atomic E-state index is -2.77. The van der Waals surface area contributed by atoms with Gasteiger partial charge >= 0.3 is 0 Å². The molecule has 0 saturated heterocycles. The summed E-state index contributed by atoms with van der Waals surface area (Å²) in [5.74, 6) is -0.557. The lowest BCUT2D eigenvalue weighted by Gasteiger charge is -2.04. The molecule has 5 nitrogen and oxygen atoms in total. The van der Waals surface area contributed by atoms with E-state index in [9.17, 15) is 13.6 Å². The smallest absolute Gasteiger partial charge is 0.282 e. The third-order valence-electron chi connectivity index (χ3n) is 2.72. The first-order chi connectivity index (χ1) is 9.38. The first-order valence-corrected chi connectivity index (χ1v) is 6.73. The largest absolute Gasteiger partial charge is 0.347 e. The second kappa shape index (κ2) is 5.66. The third kappa shape index (κ3) is 3.01. The summed E-state index contributed by atoms with van der Waals surface area (Å²) in [4.78, 5) is 17.1. The molecule has 8 heteroatoms. The van der Waals surface area contributed by atoms with Gasteiger partial charge in [-0.1, -0.05) is 0 Å². The lowest BCUT2D eigenvalue weighted by Crippen LogP contribution is -2.23. The van der Waals surface area contributed by atoms with Crippen molar-refractivity contribution in [3.05, 3.63) is 33.0 Å². The third-order valence-corrected chi connectivity index (χ3v) is 3.79. The van der Waals surface area contributed by atoms with Crippen LogP contribution in [0.4, 0.5) is 8.78 Å². The molecule has 2 heterocycles. The van der Waals surface area contributed by atoms with Gasteiger partial charge in [-0.2, -0.15) is 5.10 Å². The topological polar surface area (TPSA) is 59.8 Å². The number of amides is 1. The number of rotatable bonds is 4. The molecule has 0 atom stereocenters. The quantitative estimate of drug-likeness (QED) is 0.943. The molecule has 0 bridgehead atoms. The molecule has 0 aliphatic rings. The van der Waals surface area contributed by atoms with Gasteiger partial charge in [-0.15, -0.1) is 11.3 Å². The van der Waals surface area contributed by atoms with Gasteiger partial charge in [0.25, 0.3) is 12.3 Å². The van der Waals surface area contributed by atoms with E-state index >= 15 is 0 Å². The fourth-order valence-corrected chi connectivity index (χ4v) is 2.71. The summed E-state index contributed by atoms with van der Waals surface area (Å²) >= 11 is 1.47. The molecule has 108 valence electrons. The molecule has 2 aromatic rings. The highest BCUT2D eigenvalue weighted by Crippen LogP contribution is 2.21. The number of aromatic nitrogens is 3. The number of aryl methyl sites for hydroxylation is 3. The normalized spacial score (nSPS) is 11.1. The summed E-state index contributed by atoms with van der Waals surface area (Å²) in [5.41, 5.74) is 0.247.